The van der Waals surface area contributed by atoms with Crippen molar-refractivity contribution in [2.45, 2.75) is 44.9 Å². The van der Waals surface area contributed by atoms with Crippen LogP contribution < -0.4 is 5.32 Å². The summed E-state index contributed by atoms with van der Waals surface area (Å²) in [4.78, 5) is 5.67. The molecule has 0 spiro atoms. The molecule has 3 rings (SSSR count). The number of aliphatic hydroxyl groups is 1. The molecule has 0 saturated heterocycles. The Balaban J connectivity index is 1.69. The Labute approximate surface area is 123 Å². The Morgan fingerprint density at radius 2 is 2.20 bits per heavy atom. The molecule has 1 heterocycles. The van der Waals surface area contributed by atoms with Crippen molar-refractivity contribution in [3.8, 4) is 0 Å². The van der Waals surface area contributed by atoms with Crippen LogP contribution in [0, 0.1) is 0 Å². The van der Waals surface area contributed by atoms with Crippen LogP contribution in [0.1, 0.15) is 46.8 Å². The number of fused-ring (bicyclic) bond motifs is 1. The van der Waals surface area contributed by atoms with Gasteiger partial charge in [-0.15, -0.1) is 11.3 Å². The number of hydrogen-bond acceptors (Lipinski definition) is 4. The van der Waals surface area contributed by atoms with Crippen LogP contribution >= 0.6 is 11.3 Å². The molecule has 0 bridgehead atoms. The summed E-state index contributed by atoms with van der Waals surface area (Å²) in [5.41, 5.74) is 2.48. The summed E-state index contributed by atoms with van der Waals surface area (Å²) < 4.78 is 0. The third kappa shape index (κ3) is 2.64. The first-order valence-corrected chi connectivity index (χ1v) is 7.90. The summed E-state index contributed by atoms with van der Waals surface area (Å²) in [5.74, 6) is 0.478. The molecule has 4 heteroatoms. The molecular weight excluding hydrogens is 268 g/mol. The van der Waals surface area contributed by atoms with Crippen LogP contribution in [-0.2, 0) is 13.0 Å². The van der Waals surface area contributed by atoms with Crippen LogP contribution in [0.2, 0.25) is 0 Å². The monoisotopic (exact) mass is 288 g/mol. The van der Waals surface area contributed by atoms with Crippen molar-refractivity contribution in [3.05, 3.63) is 51.5 Å². The highest BCUT2D eigenvalue weighted by Gasteiger charge is 2.30. The molecule has 2 N–H and O–H groups in total. The van der Waals surface area contributed by atoms with E-state index in [1.807, 2.05) is 18.3 Å². The highest BCUT2D eigenvalue weighted by Crippen LogP contribution is 2.31. The number of benzene rings is 1. The smallest absolute Gasteiger partial charge is 0.0953 e. The molecule has 0 unspecified atom stereocenters. The fourth-order valence-electron chi connectivity index (χ4n) is 2.70. The third-order valence-corrected chi connectivity index (χ3v) is 5.06. The molecule has 2 aromatic rings. The lowest BCUT2D eigenvalue weighted by molar-refractivity contribution is 0.141. The summed E-state index contributed by atoms with van der Waals surface area (Å²) in [6.45, 7) is 5.08. The van der Waals surface area contributed by atoms with E-state index in [0.717, 1.165) is 13.0 Å². The molecule has 1 aliphatic carbocycles. The van der Waals surface area contributed by atoms with Crippen LogP contribution in [-0.4, -0.2) is 16.2 Å². The molecule has 3 nitrogen and oxygen atoms in total. The fraction of sp³-hybridized carbons (Fsp3) is 0.438. The molecule has 0 amide bonds. The van der Waals surface area contributed by atoms with E-state index in [-0.39, 0.29) is 12.1 Å². The summed E-state index contributed by atoms with van der Waals surface area (Å²) in [7, 11) is 0. The van der Waals surface area contributed by atoms with Gasteiger partial charge in [0.1, 0.15) is 0 Å². The van der Waals surface area contributed by atoms with Gasteiger partial charge in [-0.05, 0) is 11.1 Å². The van der Waals surface area contributed by atoms with Gasteiger partial charge in [0.15, 0.2) is 0 Å². The number of nitrogens with zero attached hydrogens (tertiary/aromatic N) is 1. The van der Waals surface area contributed by atoms with E-state index in [1.54, 1.807) is 11.3 Å². The van der Waals surface area contributed by atoms with Crippen molar-refractivity contribution in [2.24, 2.45) is 0 Å². The first kappa shape index (κ1) is 13.7. The van der Waals surface area contributed by atoms with Gasteiger partial charge in [-0.2, -0.15) is 0 Å². The second-order valence-electron chi connectivity index (χ2n) is 5.65. The lowest BCUT2D eigenvalue weighted by atomic mass is 10.1. The maximum atomic E-state index is 10.2. The average molecular weight is 288 g/mol. The molecule has 0 radical (unpaired) electrons. The Morgan fingerprint density at radius 3 is 2.95 bits per heavy atom. The van der Waals surface area contributed by atoms with Crippen molar-refractivity contribution in [1.82, 2.24) is 10.3 Å². The van der Waals surface area contributed by atoms with E-state index in [9.17, 15) is 5.11 Å². The molecule has 1 aromatic carbocycles. The van der Waals surface area contributed by atoms with Gasteiger partial charge in [0.2, 0.25) is 0 Å². The Bertz CT molecular complexity index is 594. The van der Waals surface area contributed by atoms with Gasteiger partial charge in [0, 0.05) is 30.0 Å². The summed E-state index contributed by atoms with van der Waals surface area (Å²) in [6.07, 6.45) is 2.36. The van der Waals surface area contributed by atoms with Crippen LogP contribution in [0.4, 0.5) is 0 Å². The highest BCUT2D eigenvalue weighted by molar-refractivity contribution is 7.11. The normalized spacial score (nSPS) is 21.4. The van der Waals surface area contributed by atoms with Crippen molar-refractivity contribution >= 4 is 11.3 Å². The largest absolute Gasteiger partial charge is 0.391 e. The lowest BCUT2D eigenvalue weighted by Gasteiger charge is -2.17. The van der Waals surface area contributed by atoms with Crippen molar-refractivity contribution in [2.75, 3.05) is 0 Å². The summed E-state index contributed by atoms with van der Waals surface area (Å²) >= 11 is 1.75. The van der Waals surface area contributed by atoms with Gasteiger partial charge in [0.05, 0.1) is 17.2 Å². The van der Waals surface area contributed by atoms with Crippen molar-refractivity contribution in [1.29, 1.82) is 0 Å². The van der Waals surface area contributed by atoms with Gasteiger partial charge >= 0.3 is 0 Å². The quantitative estimate of drug-likeness (QED) is 0.909. The highest BCUT2D eigenvalue weighted by atomic mass is 32.1. The predicted molar refractivity (Wildman–Crippen MR) is 81.9 cm³/mol. The molecule has 1 aromatic heterocycles. The molecular formula is C16H20N2OS. The molecule has 20 heavy (non-hydrogen) atoms. The minimum atomic E-state index is -0.329. The molecule has 0 saturated carbocycles. The van der Waals surface area contributed by atoms with E-state index in [4.69, 9.17) is 0 Å². The minimum absolute atomic E-state index is 0.0378. The van der Waals surface area contributed by atoms with Gasteiger partial charge in [-0.3, -0.25) is 0 Å². The first-order valence-electron chi connectivity index (χ1n) is 7.09. The zero-order chi connectivity index (χ0) is 14.1. The van der Waals surface area contributed by atoms with Crippen molar-refractivity contribution in [3.63, 3.8) is 0 Å². The van der Waals surface area contributed by atoms with Gasteiger partial charge in [-0.25, -0.2) is 4.98 Å². The zero-order valence-corrected chi connectivity index (χ0v) is 12.7. The fourth-order valence-corrected chi connectivity index (χ4v) is 3.57. The number of thiazole rings is 1. The molecule has 0 aliphatic heterocycles. The number of aliphatic hydroxyl groups excluding tert-OH is 1. The zero-order valence-electron chi connectivity index (χ0n) is 11.8. The Kier molecular flexibility index (Phi) is 3.87. The molecule has 106 valence electrons. The second-order valence-corrected chi connectivity index (χ2v) is 6.80. The predicted octanol–water partition coefficient (Wildman–Crippen LogP) is 3.01. The van der Waals surface area contributed by atoms with E-state index in [0.29, 0.717) is 5.92 Å². The lowest BCUT2D eigenvalue weighted by Crippen LogP contribution is -2.28. The summed E-state index contributed by atoms with van der Waals surface area (Å²) in [5, 5.41) is 14.9. The van der Waals surface area contributed by atoms with Gasteiger partial charge in [0.25, 0.3) is 0 Å². The van der Waals surface area contributed by atoms with E-state index < -0.39 is 0 Å². The van der Waals surface area contributed by atoms with E-state index in [2.05, 4.69) is 36.3 Å². The van der Waals surface area contributed by atoms with Crippen LogP contribution in [0.15, 0.2) is 30.5 Å². The van der Waals surface area contributed by atoms with Gasteiger partial charge in [-0.1, -0.05) is 38.1 Å². The van der Waals surface area contributed by atoms with Crippen LogP contribution in [0.3, 0.4) is 0 Å². The molecule has 2 atom stereocenters. The molecule has 1 aliphatic rings. The van der Waals surface area contributed by atoms with E-state index in [1.165, 1.54) is 21.0 Å². The number of rotatable bonds is 4. The van der Waals surface area contributed by atoms with Crippen LogP contribution in [0.5, 0.6) is 0 Å². The number of aromatic nitrogens is 1. The minimum Gasteiger partial charge on any atom is -0.391 e. The first-order chi connectivity index (χ1) is 9.65. The maximum absolute atomic E-state index is 10.2. The molecule has 0 fully saturated rings. The topological polar surface area (TPSA) is 45.2 Å². The number of hydrogen-bond donors (Lipinski definition) is 2. The summed E-state index contributed by atoms with van der Waals surface area (Å²) in [6, 6.07) is 8.32. The van der Waals surface area contributed by atoms with Crippen LogP contribution in [0.25, 0.3) is 0 Å². The number of nitrogens with one attached hydrogen (secondary N) is 1. The van der Waals surface area contributed by atoms with E-state index >= 15 is 0 Å². The third-order valence-electron chi connectivity index (χ3n) is 3.77. The van der Waals surface area contributed by atoms with Crippen molar-refractivity contribution < 1.29 is 5.11 Å². The standard InChI is InChI=1S/C16H20N2OS/c1-10(2)16-18-9-12(20-16)8-17-15-13-6-4-3-5-11(13)7-14(15)19/h3-6,9-10,14-15,17,19H,7-8H2,1-2H3/t14-,15+/m0/s1. The Morgan fingerprint density at radius 1 is 1.40 bits per heavy atom. The average Bonchev–Trinajstić information content (AvgIpc) is 3.00. The maximum Gasteiger partial charge on any atom is 0.0953 e. The SMILES string of the molecule is CC(C)c1ncc(CN[C@@H]2c3ccccc3C[C@@H]2O)s1. The van der Waals surface area contributed by atoms with Gasteiger partial charge < -0.3 is 10.4 Å². The second kappa shape index (κ2) is 5.64. The Hall–Kier alpha value is -1.23.